The van der Waals surface area contributed by atoms with E-state index in [1.165, 1.54) is 0 Å². The van der Waals surface area contributed by atoms with Crippen LogP contribution in [0, 0.1) is 0 Å². The molecular weight excluding hydrogens is 370 g/mol. The average Bonchev–Trinajstić information content (AvgIpc) is 2.76. The maximum absolute atomic E-state index is 13.2. The number of allylic oxidation sites excluding steroid dienone is 1. The predicted octanol–water partition coefficient (Wildman–Crippen LogP) is 3.87. The molecule has 29 heavy (non-hydrogen) atoms. The first-order valence-electron chi connectivity index (χ1n) is 9.64. The number of carbonyl (C=O) groups excluding carboxylic acids is 1. The molecule has 0 bridgehead atoms. The van der Waals surface area contributed by atoms with Gasteiger partial charge in [-0.15, -0.1) is 6.58 Å². The Morgan fingerprint density at radius 3 is 2.55 bits per heavy atom. The first kappa shape index (κ1) is 20.6. The molecule has 2 aromatic carbocycles. The van der Waals surface area contributed by atoms with Crippen molar-refractivity contribution >= 4 is 5.91 Å². The lowest BCUT2D eigenvalue weighted by molar-refractivity contribution is 0.0751. The molecule has 0 saturated heterocycles. The molecule has 1 aliphatic rings. The topological polar surface area (TPSA) is 57.2 Å². The molecule has 0 radical (unpaired) electrons. The summed E-state index contributed by atoms with van der Waals surface area (Å²) < 4.78 is 22.1. The van der Waals surface area contributed by atoms with E-state index in [1.54, 1.807) is 31.3 Å². The van der Waals surface area contributed by atoms with Crippen molar-refractivity contribution in [2.75, 3.05) is 34.0 Å². The maximum Gasteiger partial charge on any atom is 0.254 e. The van der Waals surface area contributed by atoms with Crippen molar-refractivity contribution in [2.24, 2.45) is 0 Å². The molecule has 0 spiro atoms. The lowest BCUT2D eigenvalue weighted by atomic mass is 10.0. The number of hydrogen-bond acceptors (Lipinski definition) is 5. The monoisotopic (exact) mass is 397 g/mol. The van der Waals surface area contributed by atoms with Gasteiger partial charge < -0.3 is 23.8 Å². The third-order valence-corrected chi connectivity index (χ3v) is 4.82. The molecule has 6 nitrogen and oxygen atoms in total. The molecule has 0 aromatic heterocycles. The molecule has 0 unspecified atom stereocenters. The van der Waals surface area contributed by atoms with Crippen LogP contribution in [0.4, 0.5) is 0 Å². The van der Waals surface area contributed by atoms with E-state index < -0.39 is 0 Å². The van der Waals surface area contributed by atoms with Crippen LogP contribution in [0.3, 0.4) is 0 Å². The normalized spacial score (nSPS) is 12.2. The largest absolute Gasteiger partial charge is 0.493 e. The minimum absolute atomic E-state index is 0.0753. The van der Waals surface area contributed by atoms with Gasteiger partial charge in [0.15, 0.2) is 23.0 Å². The second kappa shape index (κ2) is 9.37. The summed E-state index contributed by atoms with van der Waals surface area (Å²) in [5.41, 5.74) is 2.40. The molecule has 0 saturated carbocycles. The van der Waals surface area contributed by atoms with E-state index in [-0.39, 0.29) is 5.91 Å². The van der Waals surface area contributed by atoms with Gasteiger partial charge in [-0.3, -0.25) is 4.79 Å². The Kier molecular flexibility index (Phi) is 6.65. The Hall–Kier alpha value is -3.15. The Morgan fingerprint density at radius 1 is 1.14 bits per heavy atom. The van der Waals surface area contributed by atoms with Crippen LogP contribution in [0.2, 0.25) is 0 Å². The minimum Gasteiger partial charge on any atom is -0.493 e. The van der Waals surface area contributed by atoms with Crippen molar-refractivity contribution < 1.29 is 23.7 Å². The predicted molar refractivity (Wildman–Crippen MR) is 111 cm³/mol. The summed E-state index contributed by atoms with van der Waals surface area (Å²) in [6.45, 7) is 7.87. The fraction of sp³-hybridized carbons (Fsp3) is 0.348. The van der Waals surface area contributed by atoms with Gasteiger partial charge in [-0.25, -0.2) is 0 Å². The van der Waals surface area contributed by atoms with Gasteiger partial charge in [-0.05, 0) is 43.2 Å². The smallest absolute Gasteiger partial charge is 0.254 e. The van der Waals surface area contributed by atoms with Crippen LogP contribution in [0.15, 0.2) is 43.0 Å². The number of amides is 1. The van der Waals surface area contributed by atoms with Crippen molar-refractivity contribution in [3.63, 3.8) is 0 Å². The van der Waals surface area contributed by atoms with Crippen LogP contribution in [-0.4, -0.2) is 44.8 Å². The summed E-state index contributed by atoms with van der Waals surface area (Å²) in [5.74, 6) is 2.54. The Balaban J connectivity index is 1.87. The molecule has 0 atom stereocenters. The molecule has 154 valence electrons. The molecule has 1 aliphatic heterocycles. The van der Waals surface area contributed by atoms with Crippen molar-refractivity contribution in [3.05, 3.63) is 59.7 Å². The lowest BCUT2D eigenvalue weighted by Gasteiger charge is -2.24. The van der Waals surface area contributed by atoms with Crippen molar-refractivity contribution in [3.8, 4) is 23.0 Å². The number of benzene rings is 2. The van der Waals surface area contributed by atoms with Gasteiger partial charge >= 0.3 is 0 Å². The molecule has 1 amide bonds. The third-order valence-electron chi connectivity index (χ3n) is 4.82. The summed E-state index contributed by atoms with van der Waals surface area (Å²) in [5, 5.41) is 0. The van der Waals surface area contributed by atoms with E-state index >= 15 is 0 Å². The zero-order valence-corrected chi connectivity index (χ0v) is 17.2. The van der Waals surface area contributed by atoms with E-state index in [0.717, 1.165) is 22.6 Å². The highest BCUT2D eigenvalue weighted by atomic mass is 16.6. The van der Waals surface area contributed by atoms with E-state index in [4.69, 9.17) is 18.9 Å². The fourth-order valence-corrected chi connectivity index (χ4v) is 3.39. The van der Waals surface area contributed by atoms with Crippen molar-refractivity contribution in [2.45, 2.75) is 19.9 Å². The molecule has 1 heterocycles. The van der Waals surface area contributed by atoms with E-state index in [1.807, 2.05) is 31.2 Å². The SMILES string of the molecule is C=CCc1cc(C(=O)N(CC)Cc2ccc3c(c2)OCCO3)cc(OC)c1OC. The van der Waals surface area contributed by atoms with Crippen LogP contribution < -0.4 is 18.9 Å². The molecule has 0 fully saturated rings. The summed E-state index contributed by atoms with van der Waals surface area (Å²) >= 11 is 0. The lowest BCUT2D eigenvalue weighted by Crippen LogP contribution is -2.30. The second-order valence-corrected chi connectivity index (χ2v) is 6.66. The summed E-state index contributed by atoms with van der Waals surface area (Å²) in [6.07, 6.45) is 2.35. The molecule has 0 N–H and O–H groups in total. The number of carbonyl (C=O) groups is 1. The average molecular weight is 397 g/mol. The second-order valence-electron chi connectivity index (χ2n) is 6.66. The van der Waals surface area contributed by atoms with E-state index in [2.05, 4.69) is 6.58 Å². The Bertz CT molecular complexity index is 893. The number of ether oxygens (including phenoxy) is 4. The summed E-state index contributed by atoms with van der Waals surface area (Å²) in [7, 11) is 3.16. The van der Waals surface area contributed by atoms with Crippen LogP contribution in [0.1, 0.15) is 28.4 Å². The summed E-state index contributed by atoms with van der Waals surface area (Å²) in [6, 6.07) is 9.35. The number of rotatable bonds is 8. The zero-order chi connectivity index (χ0) is 20.8. The minimum atomic E-state index is -0.0753. The highest BCUT2D eigenvalue weighted by Gasteiger charge is 2.21. The van der Waals surface area contributed by atoms with Gasteiger partial charge in [0, 0.05) is 24.2 Å². The zero-order valence-electron chi connectivity index (χ0n) is 17.2. The molecule has 2 aromatic rings. The van der Waals surface area contributed by atoms with Gasteiger partial charge in [0.25, 0.3) is 5.91 Å². The Labute approximate surface area is 171 Å². The standard InChI is InChI=1S/C23H27NO5/c1-5-7-17-13-18(14-21(26-3)22(17)27-4)23(25)24(6-2)15-16-8-9-19-20(12-16)29-11-10-28-19/h5,8-9,12-14H,1,6-7,10-11,15H2,2-4H3. The van der Waals surface area contributed by atoms with E-state index in [9.17, 15) is 4.79 Å². The molecule has 6 heteroatoms. The van der Waals surface area contributed by atoms with Crippen LogP contribution >= 0.6 is 0 Å². The third kappa shape index (κ3) is 4.47. The van der Waals surface area contributed by atoms with Crippen LogP contribution in [0.25, 0.3) is 0 Å². The van der Waals surface area contributed by atoms with Crippen LogP contribution in [-0.2, 0) is 13.0 Å². The maximum atomic E-state index is 13.2. The van der Waals surface area contributed by atoms with Gasteiger partial charge in [-0.2, -0.15) is 0 Å². The number of fused-ring (bicyclic) bond motifs is 1. The first-order valence-corrected chi connectivity index (χ1v) is 9.64. The highest BCUT2D eigenvalue weighted by molar-refractivity contribution is 5.95. The highest BCUT2D eigenvalue weighted by Crippen LogP contribution is 2.34. The van der Waals surface area contributed by atoms with Gasteiger partial charge in [0.2, 0.25) is 0 Å². The van der Waals surface area contributed by atoms with Crippen molar-refractivity contribution in [1.82, 2.24) is 4.90 Å². The van der Waals surface area contributed by atoms with Gasteiger partial charge in [-0.1, -0.05) is 12.1 Å². The first-order chi connectivity index (χ1) is 14.1. The number of nitrogens with zero attached hydrogens (tertiary/aromatic N) is 1. The van der Waals surface area contributed by atoms with Gasteiger partial charge in [0.05, 0.1) is 14.2 Å². The number of hydrogen-bond donors (Lipinski definition) is 0. The summed E-state index contributed by atoms with van der Waals surface area (Å²) in [4.78, 5) is 15.0. The molecular formula is C23H27NO5. The van der Waals surface area contributed by atoms with E-state index in [0.29, 0.717) is 49.8 Å². The fourth-order valence-electron chi connectivity index (χ4n) is 3.39. The molecule has 0 aliphatic carbocycles. The van der Waals surface area contributed by atoms with Crippen molar-refractivity contribution in [1.29, 1.82) is 0 Å². The van der Waals surface area contributed by atoms with Crippen LogP contribution in [0.5, 0.6) is 23.0 Å². The number of methoxy groups -OCH3 is 2. The van der Waals surface area contributed by atoms with Gasteiger partial charge in [0.1, 0.15) is 13.2 Å². The Morgan fingerprint density at radius 2 is 1.90 bits per heavy atom. The molecule has 3 rings (SSSR count). The quantitative estimate of drug-likeness (QED) is 0.633.